The van der Waals surface area contributed by atoms with Crippen LogP contribution < -0.4 is 0 Å². The predicted octanol–water partition coefficient (Wildman–Crippen LogP) is 2.07. The molecular formula is C14H18N4O2. The van der Waals surface area contributed by atoms with E-state index in [1.54, 1.807) is 4.90 Å². The Morgan fingerprint density at radius 1 is 1.50 bits per heavy atom. The SMILES string of the molecule is CCc1nc(C(=O)N(Cc2ccc(C)o2)C2CC2)n[nH]1. The summed E-state index contributed by atoms with van der Waals surface area (Å²) in [7, 11) is 0. The molecule has 0 atom stereocenters. The largest absolute Gasteiger partial charge is 0.464 e. The summed E-state index contributed by atoms with van der Waals surface area (Å²) >= 11 is 0. The topological polar surface area (TPSA) is 75.0 Å². The van der Waals surface area contributed by atoms with Gasteiger partial charge in [0.1, 0.15) is 17.3 Å². The van der Waals surface area contributed by atoms with E-state index < -0.39 is 0 Å². The Labute approximate surface area is 117 Å². The summed E-state index contributed by atoms with van der Waals surface area (Å²) in [6, 6.07) is 4.11. The van der Waals surface area contributed by atoms with Gasteiger partial charge >= 0.3 is 0 Å². The molecule has 0 saturated heterocycles. The van der Waals surface area contributed by atoms with Gasteiger partial charge in [0.05, 0.1) is 6.54 Å². The van der Waals surface area contributed by atoms with Crippen molar-refractivity contribution in [1.82, 2.24) is 20.1 Å². The third-order valence-corrected chi connectivity index (χ3v) is 3.43. The average Bonchev–Trinajstić information content (AvgIpc) is 3.02. The standard InChI is InChI=1S/C14H18N4O2/c1-3-12-15-13(17-16-12)14(19)18(10-5-6-10)8-11-7-4-9(2)20-11/h4,7,10H,3,5-6,8H2,1-2H3,(H,15,16,17). The minimum Gasteiger partial charge on any atom is -0.464 e. The minimum absolute atomic E-state index is 0.127. The molecule has 20 heavy (non-hydrogen) atoms. The fourth-order valence-electron chi connectivity index (χ4n) is 2.17. The van der Waals surface area contributed by atoms with Crippen LogP contribution in [0.3, 0.4) is 0 Å². The van der Waals surface area contributed by atoms with E-state index in [2.05, 4.69) is 15.2 Å². The molecule has 0 radical (unpaired) electrons. The van der Waals surface area contributed by atoms with E-state index in [0.29, 0.717) is 6.54 Å². The van der Waals surface area contributed by atoms with Crippen LogP contribution in [0.1, 0.15) is 47.7 Å². The van der Waals surface area contributed by atoms with Gasteiger partial charge in [0.15, 0.2) is 0 Å². The zero-order chi connectivity index (χ0) is 14.1. The third-order valence-electron chi connectivity index (χ3n) is 3.43. The summed E-state index contributed by atoms with van der Waals surface area (Å²) in [5.41, 5.74) is 0. The number of nitrogens with one attached hydrogen (secondary N) is 1. The van der Waals surface area contributed by atoms with Crippen molar-refractivity contribution in [2.24, 2.45) is 0 Å². The molecule has 1 aliphatic rings. The van der Waals surface area contributed by atoms with E-state index in [0.717, 1.165) is 36.6 Å². The smallest absolute Gasteiger partial charge is 0.294 e. The van der Waals surface area contributed by atoms with Gasteiger partial charge in [-0.3, -0.25) is 9.89 Å². The van der Waals surface area contributed by atoms with E-state index >= 15 is 0 Å². The molecule has 2 aromatic heterocycles. The number of nitrogens with zero attached hydrogens (tertiary/aromatic N) is 3. The van der Waals surface area contributed by atoms with E-state index in [-0.39, 0.29) is 17.8 Å². The molecule has 6 heteroatoms. The molecule has 6 nitrogen and oxygen atoms in total. The molecule has 0 aliphatic heterocycles. The monoisotopic (exact) mass is 274 g/mol. The van der Waals surface area contributed by atoms with Gasteiger partial charge in [-0.05, 0) is 31.9 Å². The van der Waals surface area contributed by atoms with Gasteiger partial charge in [0.25, 0.3) is 5.91 Å². The number of hydrogen-bond acceptors (Lipinski definition) is 4. The second kappa shape index (κ2) is 5.11. The Kier molecular flexibility index (Phi) is 3.30. The highest BCUT2D eigenvalue weighted by Crippen LogP contribution is 2.29. The number of rotatable bonds is 5. The molecule has 0 aromatic carbocycles. The fraction of sp³-hybridized carbons (Fsp3) is 0.500. The second-order valence-electron chi connectivity index (χ2n) is 5.14. The maximum Gasteiger partial charge on any atom is 0.294 e. The van der Waals surface area contributed by atoms with Crippen molar-refractivity contribution in [3.8, 4) is 0 Å². The lowest BCUT2D eigenvalue weighted by atomic mass is 10.3. The van der Waals surface area contributed by atoms with Crippen molar-refractivity contribution < 1.29 is 9.21 Å². The first-order valence-electron chi connectivity index (χ1n) is 6.95. The molecule has 0 spiro atoms. The maximum atomic E-state index is 12.5. The molecule has 1 amide bonds. The molecule has 1 saturated carbocycles. The number of amides is 1. The lowest BCUT2D eigenvalue weighted by molar-refractivity contribution is 0.0705. The van der Waals surface area contributed by atoms with Crippen LogP contribution in [0.25, 0.3) is 0 Å². The van der Waals surface area contributed by atoms with Gasteiger partial charge in [-0.25, -0.2) is 4.98 Å². The summed E-state index contributed by atoms with van der Waals surface area (Å²) in [5, 5.41) is 6.79. The summed E-state index contributed by atoms with van der Waals surface area (Å²) in [4.78, 5) is 18.5. The van der Waals surface area contributed by atoms with Crippen LogP contribution in [0.2, 0.25) is 0 Å². The number of H-pyrrole nitrogens is 1. The molecule has 2 heterocycles. The van der Waals surface area contributed by atoms with E-state index in [1.807, 2.05) is 26.0 Å². The van der Waals surface area contributed by atoms with Crippen molar-refractivity contribution in [3.63, 3.8) is 0 Å². The Bertz CT molecular complexity index is 612. The number of carbonyl (C=O) groups is 1. The van der Waals surface area contributed by atoms with E-state index in [9.17, 15) is 4.79 Å². The molecule has 1 N–H and O–H groups in total. The van der Waals surface area contributed by atoms with Gasteiger partial charge < -0.3 is 9.32 Å². The molecule has 0 unspecified atom stereocenters. The zero-order valence-electron chi connectivity index (χ0n) is 11.7. The molecule has 1 aliphatic carbocycles. The van der Waals surface area contributed by atoms with Gasteiger partial charge in [0, 0.05) is 12.5 Å². The van der Waals surface area contributed by atoms with Gasteiger partial charge in [-0.2, -0.15) is 0 Å². The highest BCUT2D eigenvalue weighted by Gasteiger charge is 2.35. The van der Waals surface area contributed by atoms with Gasteiger partial charge in [-0.1, -0.05) is 6.92 Å². The lowest BCUT2D eigenvalue weighted by Crippen LogP contribution is -2.33. The molecule has 0 bridgehead atoms. The van der Waals surface area contributed by atoms with Gasteiger partial charge in [-0.15, -0.1) is 5.10 Å². The van der Waals surface area contributed by atoms with Crippen LogP contribution in [0.4, 0.5) is 0 Å². The van der Waals surface area contributed by atoms with Crippen LogP contribution >= 0.6 is 0 Å². The summed E-state index contributed by atoms with van der Waals surface area (Å²) in [6.07, 6.45) is 2.81. The Morgan fingerprint density at radius 3 is 2.85 bits per heavy atom. The zero-order valence-corrected chi connectivity index (χ0v) is 11.7. The molecule has 2 aromatic rings. The number of furan rings is 1. The average molecular weight is 274 g/mol. The van der Waals surface area contributed by atoms with Crippen LogP contribution in [0.5, 0.6) is 0 Å². The molecule has 1 fully saturated rings. The minimum atomic E-state index is -0.127. The number of hydrogen-bond donors (Lipinski definition) is 1. The molecule has 106 valence electrons. The highest BCUT2D eigenvalue weighted by molar-refractivity contribution is 5.90. The maximum absolute atomic E-state index is 12.5. The van der Waals surface area contributed by atoms with E-state index in [1.165, 1.54) is 0 Å². The first-order valence-corrected chi connectivity index (χ1v) is 6.95. The van der Waals surface area contributed by atoms with Crippen molar-refractivity contribution >= 4 is 5.91 Å². The van der Waals surface area contributed by atoms with Crippen molar-refractivity contribution in [1.29, 1.82) is 0 Å². The second-order valence-corrected chi connectivity index (χ2v) is 5.14. The Balaban J connectivity index is 1.77. The number of aryl methyl sites for hydroxylation is 2. The number of carbonyl (C=O) groups excluding carboxylic acids is 1. The third kappa shape index (κ3) is 2.59. The number of aromatic amines is 1. The fourth-order valence-corrected chi connectivity index (χ4v) is 2.17. The van der Waals surface area contributed by atoms with Crippen molar-refractivity contribution in [2.75, 3.05) is 0 Å². The van der Waals surface area contributed by atoms with Gasteiger partial charge in [0.2, 0.25) is 5.82 Å². The summed E-state index contributed by atoms with van der Waals surface area (Å²) in [6.45, 7) is 4.35. The van der Waals surface area contributed by atoms with Crippen LogP contribution in [-0.2, 0) is 13.0 Å². The summed E-state index contributed by atoms with van der Waals surface area (Å²) < 4.78 is 5.56. The first-order chi connectivity index (χ1) is 9.67. The first kappa shape index (κ1) is 12.9. The number of aromatic nitrogens is 3. The quantitative estimate of drug-likeness (QED) is 0.905. The van der Waals surface area contributed by atoms with Crippen molar-refractivity contribution in [2.45, 2.75) is 45.7 Å². The molecular weight excluding hydrogens is 256 g/mol. The van der Waals surface area contributed by atoms with Crippen LogP contribution in [-0.4, -0.2) is 32.0 Å². The Hall–Kier alpha value is -2.11. The van der Waals surface area contributed by atoms with Crippen LogP contribution in [0.15, 0.2) is 16.5 Å². The van der Waals surface area contributed by atoms with Crippen molar-refractivity contribution in [3.05, 3.63) is 35.3 Å². The van der Waals surface area contributed by atoms with E-state index in [4.69, 9.17) is 4.42 Å². The molecule has 3 rings (SSSR count). The highest BCUT2D eigenvalue weighted by atomic mass is 16.3. The van der Waals surface area contributed by atoms with Crippen LogP contribution in [0, 0.1) is 6.92 Å². The normalized spacial score (nSPS) is 14.5. The predicted molar refractivity (Wildman–Crippen MR) is 72.1 cm³/mol. The Morgan fingerprint density at radius 2 is 2.30 bits per heavy atom. The lowest BCUT2D eigenvalue weighted by Gasteiger charge is -2.19. The summed E-state index contributed by atoms with van der Waals surface area (Å²) in [5.74, 6) is 2.51.